The zero-order valence-corrected chi connectivity index (χ0v) is 13.6. The highest BCUT2D eigenvalue weighted by Gasteiger charge is 2.42. The molecule has 20 heavy (non-hydrogen) atoms. The zero-order valence-electron chi connectivity index (χ0n) is 12.0. The highest BCUT2D eigenvalue weighted by molar-refractivity contribution is 7.99. The number of nitrogens with two attached hydrogens (primary N) is 1. The van der Waals surface area contributed by atoms with Gasteiger partial charge in [0.2, 0.25) is 0 Å². The first-order valence-corrected chi connectivity index (χ1v) is 9.72. The lowest BCUT2D eigenvalue weighted by atomic mass is 9.79. The molecule has 1 spiro atoms. The Balaban J connectivity index is 1.77. The summed E-state index contributed by atoms with van der Waals surface area (Å²) >= 11 is 3.82. The van der Waals surface area contributed by atoms with E-state index >= 15 is 0 Å². The summed E-state index contributed by atoms with van der Waals surface area (Å²) in [5.74, 6) is 2.94. The summed E-state index contributed by atoms with van der Waals surface area (Å²) in [6.45, 7) is 0.875. The first kappa shape index (κ1) is 14.8. The topological polar surface area (TPSA) is 35.2 Å². The molecule has 0 aromatic heterocycles. The molecule has 110 valence electrons. The van der Waals surface area contributed by atoms with Crippen molar-refractivity contribution in [3.63, 3.8) is 0 Å². The molecule has 2 aliphatic heterocycles. The third-order valence-corrected chi connectivity index (χ3v) is 6.64. The minimum atomic E-state index is 0.125. The monoisotopic (exact) mass is 309 g/mol. The molecule has 0 radical (unpaired) electrons. The van der Waals surface area contributed by atoms with Crippen molar-refractivity contribution >= 4 is 23.5 Å². The molecule has 2 N–H and O–H groups in total. The van der Waals surface area contributed by atoms with Crippen LogP contribution in [-0.2, 0) is 4.74 Å². The van der Waals surface area contributed by atoms with Gasteiger partial charge in [0, 0.05) is 23.3 Å². The van der Waals surface area contributed by atoms with Gasteiger partial charge in [-0.05, 0) is 48.8 Å². The number of thioether (sulfide) groups is 2. The quantitative estimate of drug-likeness (QED) is 0.863. The summed E-state index contributed by atoms with van der Waals surface area (Å²) < 4.78 is 6.12. The van der Waals surface area contributed by atoms with E-state index < -0.39 is 0 Å². The first-order valence-electron chi connectivity index (χ1n) is 7.34. The van der Waals surface area contributed by atoms with Gasteiger partial charge in [0.25, 0.3) is 0 Å². The lowest BCUT2D eigenvalue weighted by molar-refractivity contribution is -0.0835. The van der Waals surface area contributed by atoms with Crippen LogP contribution in [0.3, 0.4) is 0 Å². The summed E-state index contributed by atoms with van der Waals surface area (Å²) in [6.07, 6.45) is 5.55. The highest BCUT2D eigenvalue weighted by atomic mass is 32.2. The number of ether oxygens (including phenoxy) is 1. The zero-order chi connectivity index (χ0) is 14.0. The van der Waals surface area contributed by atoms with Crippen molar-refractivity contribution in [1.29, 1.82) is 0 Å². The SMILES string of the molecule is CSc1ccccc1C(N)C1CCOC2(CCSC2)C1. The molecule has 1 aromatic rings. The second-order valence-corrected chi connectivity index (χ2v) is 7.81. The van der Waals surface area contributed by atoms with Crippen LogP contribution in [0.1, 0.15) is 30.9 Å². The Morgan fingerprint density at radius 1 is 1.45 bits per heavy atom. The molecule has 0 aliphatic carbocycles. The molecule has 2 fully saturated rings. The fraction of sp³-hybridized carbons (Fsp3) is 0.625. The van der Waals surface area contributed by atoms with Gasteiger partial charge in [0.05, 0.1) is 5.60 Å². The Hall–Kier alpha value is -0.160. The van der Waals surface area contributed by atoms with Gasteiger partial charge in [-0.2, -0.15) is 11.8 Å². The third kappa shape index (κ3) is 2.89. The van der Waals surface area contributed by atoms with Crippen molar-refractivity contribution in [1.82, 2.24) is 0 Å². The molecule has 0 saturated carbocycles. The van der Waals surface area contributed by atoms with E-state index in [0.29, 0.717) is 5.92 Å². The molecule has 3 atom stereocenters. The maximum Gasteiger partial charge on any atom is 0.0783 e. The number of hydrogen-bond acceptors (Lipinski definition) is 4. The number of hydrogen-bond donors (Lipinski definition) is 1. The fourth-order valence-electron chi connectivity index (χ4n) is 3.43. The molecule has 2 nitrogen and oxygen atoms in total. The van der Waals surface area contributed by atoms with E-state index in [0.717, 1.165) is 25.2 Å². The van der Waals surface area contributed by atoms with E-state index in [4.69, 9.17) is 10.5 Å². The van der Waals surface area contributed by atoms with Crippen molar-refractivity contribution in [3.05, 3.63) is 29.8 Å². The van der Waals surface area contributed by atoms with Crippen LogP contribution in [-0.4, -0.2) is 30.0 Å². The van der Waals surface area contributed by atoms with E-state index in [-0.39, 0.29) is 11.6 Å². The Kier molecular flexibility index (Phi) is 4.65. The van der Waals surface area contributed by atoms with Crippen molar-refractivity contribution in [3.8, 4) is 0 Å². The maximum atomic E-state index is 6.62. The third-order valence-electron chi connectivity index (χ3n) is 4.60. The van der Waals surface area contributed by atoms with Gasteiger partial charge < -0.3 is 10.5 Å². The van der Waals surface area contributed by atoms with Gasteiger partial charge in [-0.3, -0.25) is 0 Å². The summed E-state index contributed by atoms with van der Waals surface area (Å²) in [5, 5.41) is 0. The molecule has 3 rings (SSSR count). The second kappa shape index (κ2) is 6.30. The van der Waals surface area contributed by atoms with E-state index in [1.54, 1.807) is 11.8 Å². The largest absolute Gasteiger partial charge is 0.374 e. The van der Waals surface area contributed by atoms with E-state index in [2.05, 4.69) is 30.5 Å². The molecular formula is C16H23NOS2. The van der Waals surface area contributed by atoms with E-state index in [9.17, 15) is 0 Å². The van der Waals surface area contributed by atoms with E-state index in [1.165, 1.54) is 22.6 Å². The van der Waals surface area contributed by atoms with Crippen LogP contribution >= 0.6 is 23.5 Å². The fourth-order valence-corrected chi connectivity index (χ4v) is 5.46. The van der Waals surface area contributed by atoms with Crippen molar-refractivity contribution < 1.29 is 4.74 Å². The predicted octanol–water partition coefficient (Wildman–Crippen LogP) is 3.71. The maximum absolute atomic E-state index is 6.62. The summed E-state index contributed by atoms with van der Waals surface area (Å²) in [4.78, 5) is 1.32. The van der Waals surface area contributed by atoms with E-state index in [1.807, 2.05) is 11.8 Å². The van der Waals surface area contributed by atoms with Gasteiger partial charge in [0.15, 0.2) is 0 Å². The van der Waals surface area contributed by atoms with Gasteiger partial charge in [-0.15, -0.1) is 11.8 Å². The molecule has 1 aromatic carbocycles. The lowest BCUT2D eigenvalue weighted by Gasteiger charge is -2.40. The summed E-state index contributed by atoms with van der Waals surface area (Å²) in [7, 11) is 0. The molecule has 0 amide bonds. The smallest absolute Gasteiger partial charge is 0.0783 e. The Morgan fingerprint density at radius 3 is 3.05 bits per heavy atom. The highest BCUT2D eigenvalue weighted by Crippen LogP contribution is 2.44. The summed E-state index contributed by atoms with van der Waals surface area (Å²) in [6, 6.07) is 8.73. The Morgan fingerprint density at radius 2 is 2.30 bits per heavy atom. The number of rotatable bonds is 3. The van der Waals surface area contributed by atoms with Gasteiger partial charge >= 0.3 is 0 Å². The normalized spacial score (nSPS) is 31.6. The summed E-state index contributed by atoms with van der Waals surface area (Å²) in [5.41, 5.74) is 8.06. The van der Waals surface area contributed by atoms with Crippen LogP contribution < -0.4 is 5.73 Å². The molecule has 2 saturated heterocycles. The van der Waals surface area contributed by atoms with Gasteiger partial charge in [-0.1, -0.05) is 18.2 Å². The molecule has 2 heterocycles. The van der Waals surface area contributed by atoms with Crippen LogP contribution in [0.25, 0.3) is 0 Å². The van der Waals surface area contributed by atoms with Crippen LogP contribution in [0.15, 0.2) is 29.2 Å². The van der Waals surface area contributed by atoms with Crippen molar-refractivity contribution in [2.24, 2.45) is 11.7 Å². The van der Waals surface area contributed by atoms with Crippen LogP contribution in [0.4, 0.5) is 0 Å². The molecule has 3 unspecified atom stereocenters. The van der Waals surface area contributed by atoms with Gasteiger partial charge in [-0.25, -0.2) is 0 Å². The average Bonchev–Trinajstić information content (AvgIpc) is 2.94. The molecule has 4 heteroatoms. The second-order valence-electron chi connectivity index (χ2n) is 5.85. The Labute approximate surface area is 130 Å². The Bertz CT molecular complexity index is 460. The molecular weight excluding hydrogens is 286 g/mol. The predicted molar refractivity (Wildman–Crippen MR) is 88.5 cm³/mol. The number of benzene rings is 1. The minimum absolute atomic E-state index is 0.125. The van der Waals surface area contributed by atoms with Crippen LogP contribution in [0.2, 0.25) is 0 Å². The lowest BCUT2D eigenvalue weighted by Crippen LogP contribution is -2.42. The first-order chi connectivity index (χ1) is 9.74. The van der Waals surface area contributed by atoms with Crippen LogP contribution in [0, 0.1) is 5.92 Å². The van der Waals surface area contributed by atoms with Crippen molar-refractivity contribution in [2.45, 2.75) is 35.8 Å². The van der Waals surface area contributed by atoms with Crippen molar-refractivity contribution in [2.75, 3.05) is 24.4 Å². The standard InChI is InChI=1S/C16H23NOS2/c1-19-14-5-3-2-4-13(14)15(17)12-6-8-18-16(10-12)7-9-20-11-16/h2-5,12,15H,6-11,17H2,1H3. The molecule has 2 aliphatic rings. The minimum Gasteiger partial charge on any atom is -0.374 e. The molecule has 0 bridgehead atoms. The van der Waals surface area contributed by atoms with Gasteiger partial charge in [0.1, 0.15) is 0 Å². The van der Waals surface area contributed by atoms with Crippen LogP contribution in [0.5, 0.6) is 0 Å². The average molecular weight is 310 g/mol.